The summed E-state index contributed by atoms with van der Waals surface area (Å²) in [6.45, 7) is 1.85. The van der Waals surface area contributed by atoms with Gasteiger partial charge in [-0.2, -0.15) is 22.8 Å². The molecule has 0 aliphatic carbocycles. The fourth-order valence-electron chi connectivity index (χ4n) is 2.12. The molecule has 0 spiro atoms. The Hall–Kier alpha value is -2.64. The Kier molecular flexibility index (Phi) is 3.44. The number of hydrogen-bond acceptors (Lipinski definition) is 4. The zero-order chi connectivity index (χ0) is 15.7. The van der Waals surface area contributed by atoms with Crippen LogP contribution in [0.4, 0.5) is 19.0 Å². The summed E-state index contributed by atoms with van der Waals surface area (Å²) >= 11 is 0. The van der Waals surface area contributed by atoms with Crippen LogP contribution in [-0.2, 0) is 6.18 Å². The first-order chi connectivity index (χ1) is 10.4. The lowest BCUT2D eigenvalue weighted by Crippen LogP contribution is -2.11. The second-order valence-corrected chi connectivity index (χ2v) is 4.81. The molecule has 1 atom stereocenters. The monoisotopic (exact) mass is 307 g/mol. The first-order valence-electron chi connectivity index (χ1n) is 6.52. The lowest BCUT2D eigenvalue weighted by atomic mass is 10.1. The number of alkyl halides is 3. The van der Waals surface area contributed by atoms with Crippen LogP contribution in [0.5, 0.6) is 0 Å². The molecule has 8 heteroatoms. The van der Waals surface area contributed by atoms with Crippen LogP contribution in [0.1, 0.15) is 24.1 Å². The molecule has 3 rings (SSSR count). The van der Waals surface area contributed by atoms with Crippen LogP contribution in [0, 0.1) is 0 Å². The van der Waals surface area contributed by atoms with E-state index in [1.54, 1.807) is 16.9 Å². The number of hydrogen-bond donors (Lipinski definition) is 1. The average molecular weight is 307 g/mol. The van der Waals surface area contributed by atoms with Gasteiger partial charge in [0.2, 0.25) is 0 Å². The van der Waals surface area contributed by atoms with Gasteiger partial charge in [-0.3, -0.25) is 4.98 Å². The van der Waals surface area contributed by atoms with E-state index in [0.29, 0.717) is 11.5 Å². The van der Waals surface area contributed by atoms with Crippen LogP contribution in [0.3, 0.4) is 0 Å². The highest BCUT2D eigenvalue weighted by Crippen LogP contribution is 2.30. The number of halogens is 3. The smallest absolute Gasteiger partial charge is 0.362 e. The molecular weight excluding hydrogens is 295 g/mol. The number of anilines is 1. The van der Waals surface area contributed by atoms with E-state index in [-0.39, 0.29) is 6.04 Å². The Labute approximate surface area is 123 Å². The number of nitrogens with zero attached hydrogens (tertiary/aromatic N) is 4. The van der Waals surface area contributed by atoms with Gasteiger partial charge < -0.3 is 5.32 Å². The summed E-state index contributed by atoms with van der Waals surface area (Å²) < 4.78 is 39.3. The predicted molar refractivity (Wildman–Crippen MR) is 74.3 cm³/mol. The van der Waals surface area contributed by atoms with Gasteiger partial charge in [-0.1, -0.05) is 12.1 Å². The van der Waals surface area contributed by atoms with E-state index in [4.69, 9.17) is 0 Å². The van der Waals surface area contributed by atoms with E-state index in [0.717, 1.165) is 17.7 Å². The van der Waals surface area contributed by atoms with Gasteiger partial charge in [0, 0.05) is 6.04 Å². The van der Waals surface area contributed by atoms with E-state index < -0.39 is 11.7 Å². The van der Waals surface area contributed by atoms with Crippen LogP contribution in [-0.4, -0.2) is 19.6 Å². The van der Waals surface area contributed by atoms with Gasteiger partial charge in [0.05, 0.1) is 18.0 Å². The van der Waals surface area contributed by atoms with Crippen molar-refractivity contribution in [1.82, 2.24) is 19.6 Å². The summed E-state index contributed by atoms with van der Waals surface area (Å²) in [4.78, 5) is 8.07. The zero-order valence-corrected chi connectivity index (χ0v) is 11.5. The normalized spacial score (nSPS) is 13.3. The lowest BCUT2D eigenvalue weighted by Gasteiger charge is -2.16. The van der Waals surface area contributed by atoms with E-state index in [1.807, 2.05) is 6.92 Å². The number of nitrogens with one attached hydrogen (secondary N) is 1. The van der Waals surface area contributed by atoms with E-state index in [1.165, 1.54) is 18.5 Å². The van der Waals surface area contributed by atoms with Crippen molar-refractivity contribution in [2.24, 2.45) is 0 Å². The average Bonchev–Trinajstić information content (AvgIpc) is 2.96. The summed E-state index contributed by atoms with van der Waals surface area (Å²) in [7, 11) is 0. The Balaban J connectivity index is 1.82. The number of fused-ring (bicyclic) bond motifs is 1. The van der Waals surface area contributed by atoms with Crippen molar-refractivity contribution in [1.29, 1.82) is 0 Å². The predicted octanol–water partition coefficient (Wildman–Crippen LogP) is 3.32. The maximum Gasteiger partial charge on any atom is 0.416 e. The molecule has 114 valence electrons. The second kappa shape index (κ2) is 5.28. The standard InChI is InChI=1S/C14H12F3N5/c1-9(10-2-4-11(5-3-10)14(15,16)17)21-13-7-18-6-12-19-8-20-22(12)13/h2-9,21H,1H3. The van der Waals surface area contributed by atoms with Gasteiger partial charge in [0.1, 0.15) is 12.1 Å². The third-order valence-corrected chi connectivity index (χ3v) is 3.29. The lowest BCUT2D eigenvalue weighted by molar-refractivity contribution is -0.137. The molecule has 5 nitrogen and oxygen atoms in total. The zero-order valence-electron chi connectivity index (χ0n) is 11.5. The van der Waals surface area contributed by atoms with Crippen molar-refractivity contribution < 1.29 is 13.2 Å². The van der Waals surface area contributed by atoms with Gasteiger partial charge in [0.15, 0.2) is 5.65 Å². The Morgan fingerprint density at radius 3 is 2.55 bits per heavy atom. The molecule has 0 saturated carbocycles. The first-order valence-corrected chi connectivity index (χ1v) is 6.52. The van der Waals surface area contributed by atoms with Crippen molar-refractivity contribution in [3.05, 3.63) is 54.1 Å². The molecule has 0 saturated heterocycles. The molecule has 1 N–H and O–H groups in total. The summed E-state index contributed by atoms with van der Waals surface area (Å²) in [5.41, 5.74) is 0.651. The molecule has 22 heavy (non-hydrogen) atoms. The molecule has 1 aromatic carbocycles. The van der Waals surface area contributed by atoms with Gasteiger partial charge in [-0.15, -0.1) is 0 Å². The Bertz CT molecular complexity index is 779. The molecule has 0 bridgehead atoms. The van der Waals surface area contributed by atoms with E-state index in [2.05, 4.69) is 20.4 Å². The fourth-order valence-corrected chi connectivity index (χ4v) is 2.12. The van der Waals surface area contributed by atoms with Crippen LogP contribution in [0.2, 0.25) is 0 Å². The SMILES string of the molecule is CC(Nc1cncc2ncnn12)c1ccc(C(F)(F)F)cc1. The number of rotatable bonds is 3. The van der Waals surface area contributed by atoms with Crippen molar-refractivity contribution >= 4 is 11.5 Å². The number of aromatic nitrogens is 4. The molecule has 0 amide bonds. The molecule has 0 radical (unpaired) electrons. The second-order valence-electron chi connectivity index (χ2n) is 4.81. The highest BCUT2D eigenvalue weighted by molar-refractivity contribution is 5.46. The number of benzene rings is 1. The quantitative estimate of drug-likeness (QED) is 0.806. The van der Waals surface area contributed by atoms with Crippen molar-refractivity contribution in [3.8, 4) is 0 Å². The highest BCUT2D eigenvalue weighted by atomic mass is 19.4. The van der Waals surface area contributed by atoms with Crippen LogP contribution >= 0.6 is 0 Å². The summed E-state index contributed by atoms with van der Waals surface area (Å²) in [5, 5.41) is 7.23. The van der Waals surface area contributed by atoms with E-state index in [9.17, 15) is 13.2 Å². The van der Waals surface area contributed by atoms with Crippen molar-refractivity contribution in [2.45, 2.75) is 19.1 Å². The summed E-state index contributed by atoms with van der Waals surface area (Å²) in [6.07, 6.45) is 0.236. The molecule has 0 aliphatic rings. The molecule has 2 heterocycles. The van der Waals surface area contributed by atoms with E-state index >= 15 is 0 Å². The maximum absolute atomic E-state index is 12.6. The molecule has 2 aromatic heterocycles. The van der Waals surface area contributed by atoms with Gasteiger partial charge in [-0.25, -0.2) is 4.98 Å². The molecule has 3 aromatic rings. The summed E-state index contributed by atoms with van der Waals surface area (Å²) in [5.74, 6) is 0.613. The fraction of sp³-hybridized carbons (Fsp3) is 0.214. The van der Waals surface area contributed by atoms with Crippen molar-refractivity contribution in [2.75, 3.05) is 5.32 Å². The minimum atomic E-state index is -4.33. The third-order valence-electron chi connectivity index (χ3n) is 3.29. The Morgan fingerprint density at radius 2 is 1.86 bits per heavy atom. The molecular formula is C14H12F3N5. The van der Waals surface area contributed by atoms with Gasteiger partial charge >= 0.3 is 6.18 Å². The highest BCUT2D eigenvalue weighted by Gasteiger charge is 2.30. The first kappa shape index (κ1) is 14.3. The van der Waals surface area contributed by atoms with Crippen LogP contribution in [0.15, 0.2) is 43.0 Å². The Morgan fingerprint density at radius 1 is 1.14 bits per heavy atom. The molecule has 0 fully saturated rings. The van der Waals surface area contributed by atoms with Gasteiger partial charge in [-0.05, 0) is 24.6 Å². The minimum Gasteiger partial charge on any atom is -0.362 e. The largest absolute Gasteiger partial charge is 0.416 e. The topological polar surface area (TPSA) is 55.1 Å². The third kappa shape index (κ3) is 2.72. The molecule has 1 unspecified atom stereocenters. The maximum atomic E-state index is 12.6. The minimum absolute atomic E-state index is 0.209. The van der Waals surface area contributed by atoms with Gasteiger partial charge in [0.25, 0.3) is 0 Å². The van der Waals surface area contributed by atoms with Crippen LogP contribution < -0.4 is 5.32 Å². The summed E-state index contributed by atoms with van der Waals surface area (Å²) in [6, 6.07) is 4.84. The molecule has 0 aliphatic heterocycles. The van der Waals surface area contributed by atoms with Crippen LogP contribution in [0.25, 0.3) is 5.65 Å². The van der Waals surface area contributed by atoms with Crippen molar-refractivity contribution in [3.63, 3.8) is 0 Å².